The number of nitrogens with one attached hydrogen (secondary N) is 1. The van der Waals surface area contributed by atoms with Crippen molar-refractivity contribution >= 4 is 39.0 Å². The van der Waals surface area contributed by atoms with Crippen molar-refractivity contribution in [1.82, 2.24) is 15.2 Å². The van der Waals surface area contributed by atoms with Crippen LogP contribution in [-0.4, -0.2) is 54.0 Å². The van der Waals surface area contributed by atoms with E-state index < -0.39 is 5.92 Å². The molecule has 2 aromatic rings. The standard InChI is InChI=1S/C30H45N3O3S/c1-9-20(5)25(13-14-27(35)21(6)18-33(7)8)32-30(36)23(15-24(34)10-2)17-29-31-26-12-11-22(19(3)4)16-28(26)37-29/h11-12,16,19-20,23,25H,6,9-10,13-15,17-18H2,1-5,7-8H3,(H,32,36)/t20-,23-,25+/m0/s1. The first-order chi connectivity index (χ1) is 17.4. The molecule has 1 N–H and O–H groups in total. The summed E-state index contributed by atoms with van der Waals surface area (Å²) in [6, 6.07) is 6.17. The van der Waals surface area contributed by atoms with E-state index >= 15 is 0 Å². The van der Waals surface area contributed by atoms with E-state index in [0.29, 0.717) is 43.7 Å². The zero-order valence-electron chi connectivity index (χ0n) is 23.7. The van der Waals surface area contributed by atoms with E-state index in [2.05, 4.69) is 51.7 Å². The van der Waals surface area contributed by atoms with Gasteiger partial charge in [0.2, 0.25) is 5.91 Å². The van der Waals surface area contributed by atoms with Gasteiger partial charge in [-0.05, 0) is 50.0 Å². The lowest BCUT2D eigenvalue weighted by molar-refractivity contribution is -0.130. The van der Waals surface area contributed by atoms with Crippen LogP contribution in [0.3, 0.4) is 0 Å². The van der Waals surface area contributed by atoms with Crippen LogP contribution in [0.5, 0.6) is 0 Å². The molecule has 0 aliphatic rings. The number of benzene rings is 1. The van der Waals surface area contributed by atoms with Gasteiger partial charge in [0.15, 0.2) is 5.78 Å². The minimum atomic E-state index is -0.483. The van der Waals surface area contributed by atoms with E-state index in [-0.39, 0.29) is 35.9 Å². The van der Waals surface area contributed by atoms with Gasteiger partial charge in [-0.25, -0.2) is 4.98 Å². The molecule has 0 aliphatic carbocycles. The van der Waals surface area contributed by atoms with Crippen molar-refractivity contribution in [2.45, 2.75) is 85.1 Å². The summed E-state index contributed by atoms with van der Waals surface area (Å²) in [6.07, 6.45) is 2.81. The van der Waals surface area contributed by atoms with Crippen molar-refractivity contribution in [3.8, 4) is 0 Å². The molecule has 2 rings (SSSR count). The number of hydrogen-bond donors (Lipinski definition) is 1. The van der Waals surface area contributed by atoms with Gasteiger partial charge in [-0.1, -0.05) is 53.7 Å². The number of amides is 1. The Morgan fingerprint density at radius 2 is 1.84 bits per heavy atom. The number of likely N-dealkylation sites (N-methyl/N-ethyl adjacent to an activating group) is 1. The summed E-state index contributed by atoms with van der Waals surface area (Å²) in [5, 5.41) is 4.07. The fourth-order valence-corrected chi connectivity index (χ4v) is 5.44. The molecule has 6 nitrogen and oxygen atoms in total. The highest BCUT2D eigenvalue weighted by atomic mass is 32.1. The Balaban J connectivity index is 2.18. The predicted molar refractivity (Wildman–Crippen MR) is 154 cm³/mol. The normalized spacial score (nSPS) is 14.1. The van der Waals surface area contributed by atoms with Gasteiger partial charge in [0.25, 0.3) is 0 Å². The first-order valence-corrected chi connectivity index (χ1v) is 14.3. The summed E-state index contributed by atoms with van der Waals surface area (Å²) in [5.41, 5.74) is 2.78. The maximum Gasteiger partial charge on any atom is 0.224 e. The maximum atomic E-state index is 13.5. The minimum Gasteiger partial charge on any atom is -0.353 e. The van der Waals surface area contributed by atoms with E-state index in [1.54, 1.807) is 11.3 Å². The van der Waals surface area contributed by atoms with Gasteiger partial charge in [0.1, 0.15) is 5.78 Å². The summed E-state index contributed by atoms with van der Waals surface area (Å²) in [7, 11) is 3.82. The summed E-state index contributed by atoms with van der Waals surface area (Å²) in [4.78, 5) is 45.2. The summed E-state index contributed by atoms with van der Waals surface area (Å²) >= 11 is 1.60. The average Bonchev–Trinajstić information content (AvgIpc) is 3.26. The molecule has 1 amide bonds. The molecule has 7 heteroatoms. The molecule has 0 spiro atoms. The molecule has 0 fully saturated rings. The number of hydrogen-bond acceptors (Lipinski definition) is 6. The quantitative estimate of drug-likeness (QED) is 0.273. The second-order valence-corrected chi connectivity index (χ2v) is 11.9. The first-order valence-electron chi connectivity index (χ1n) is 13.5. The van der Waals surface area contributed by atoms with Crippen molar-refractivity contribution in [2.24, 2.45) is 11.8 Å². The number of aromatic nitrogens is 1. The van der Waals surface area contributed by atoms with Crippen molar-refractivity contribution < 1.29 is 14.4 Å². The number of thiazole rings is 1. The monoisotopic (exact) mass is 527 g/mol. The highest BCUT2D eigenvalue weighted by molar-refractivity contribution is 7.18. The van der Waals surface area contributed by atoms with Gasteiger partial charge in [0.05, 0.1) is 21.1 Å². The lowest BCUT2D eigenvalue weighted by atomic mass is 9.91. The molecule has 1 aromatic heterocycles. The number of ketones is 2. The van der Waals surface area contributed by atoms with Crippen molar-refractivity contribution in [3.63, 3.8) is 0 Å². The fraction of sp³-hybridized carbons (Fsp3) is 0.600. The SMILES string of the molecule is C=C(CN(C)C)C(=O)CC[C@@H](NC(=O)[C@@H](CC(=O)CC)Cc1nc2ccc(C(C)C)cc2s1)[C@@H](C)CC. The third kappa shape index (κ3) is 9.46. The van der Waals surface area contributed by atoms with Gasteiger partial charge in [-0.15, -0.1) is 11.3 Å². The van der Waals surface area contributed by atoms with Gasteiger partial charge in [0, 0.05) is 43.8 Å². The lowest BCUT2D eigenvalue weighted by Crippen LogP contribution is -2.43. The van der Waals surface area contributed by atoms with Gasteiger partial charge in [-0.2, -0.15) is 0 Å². The number of nitrogens with zero attached hydrogens (tertiary/aromatic N) is 2. The van der Waals surface area contributed by atoms with Crippen LogP contribution in [0.2, 0.25) is 0 Å². The largest absolute Gasteiger partial charge is 0.353 e. The Bertz CT molecular complexity index is 1090. The fourth-order valence-electron chi connectivity index (χ4n) is 4.34. The molecule has 0 saturated carbocycles. The lowest BCUT2D eigenvalue weighted by Gasteiger charge is -2.27. The van der Waals surface area contributed by atoms with Crippen LogP contribution in [0.4, 0.5) is 0 Å². The number of Topliss-reactive ketones (excluding diaryl/α,β-unsaturated/α-hetero) is 2. The number of rotatable bonds is 16. The van der Waals surface area contributed by atoms with Crippen molar-refractivity contribution in [2.75, 3.05) is 20.6 Å². The molecule has 1 aromatic carbocycles. The molecule has 37 heavy (non-hydrogen) atoms. The second kappa shape index (κ2) is 14.5. The Labute approximate surface area is 226 Å². The van der Waals surface area contributed by atoms with Crippen LogP contribution in [0.1, 0.15) is 83.2 Å². The topological polar surface area (TPSA) is 79.4 Å². The molecule has 0 radical (unpaired) electrons. The third-order valence-electron chi connectivity index (χ3n) is 7.03. The summed E-state index contributed by atoms with van der Waals surface area (Å²) in [6.45, 7) is 14.8. The second-order valence-electron chi connectivity index (χ2n) is 10.8. The summed E-state index contributed by atoms with van der Waals surface area (Å²) < 4.78 is 1.11. The van der Waals surface area contributed by atoms with Crippen LogP contribution in [0, 0.1) is 11.8 Å². The van der Waals surface area contributed by atoms with Gasteiger partial charge >= 0.3 is 0 Å². The third-order valence-corrected chi connectivity index (χ3v) is 8.07. The molecule has 1 heterocycles. The Morgan fingerprint density at radius 1 is 1.14 bits per heavy atom. The van der Waals surface area contributed by atoms with E-state index in [4.69, 9.17) is 4.98 Å². The van der Waals surface area contributed by atoms with Crippen LogP contribution < -0.4 is 5.32 Å². The Kier molecular flexibility index (Phi) is 12.1. The molecule has 204 valence electrons. The predicted octanol–water partition coefficient (Wildman–Crippen LogP) is 5.95. The van der Waals surface area contributed by atoms with Gasteiger partial charge in [-0.3, -0.25) is 14.4 Å². The number of carbonyl (C=O) groups is 3. The number of carbonyl (C=O) groups excluding carboxylic acids is 3. The molecule has 0 unspecified atom stereocenters. The zero-order valence-corrected chi connectivity index (χ0v) is 24.5. The average molecular weight is 528 g/mol. The van der Waals surface area contributed by atoms with E-state index in [9.17, 15) is 14.4 Å². The Hall–Kier alpha value is -2.38. The van der Waals surface area contributed by atoms with Crippen LogP contribution in [-0.2, 0) is 20.8 Å². The van der Waals surface area contributed by atoms with E-state index in [0.717, 1.165) is 21.6 Å². The molecule has 3 atom stereocenters. The van der Waals surface area contributed by atoms with Gasteiger partial charge < -0.3 is 10.2 Å². The van der Waals surface area contributed by atoms with Crippen molar-refractivity contribution in [3.05, 3.63) is 40.9 Å². The minimum absolute atomic E-state index is 0.0317. The van der Waals surface area contributed by atoms with E-state index in [1.807, 2.05) is 32.0 Å². The van der Waals surface area contributed by atoms with Crippen LogP contribution in [0.25, 0.3) is 10.2 Å². The number of fused-ring (bicyclic) bond motifs is 1. The van der Waals surface area contributed by atoms with Crippen LogP contribution >= 0.6 is 11.3 Å². The smallest absolute Gasteiger partial charge is 0.224 e. The molecule has 0 aliphatic heterocycles. The molecule has 0 saturated heterocycles. The molecular formula is C30H45N3O3S. The van der Waals surface area contributed by atoms with Crippen molar-refractivity contribution in [1.29, 1.82) is 0 Å². The zero-order chi connectivity index (χ0) is 27.7. The summed E-state index contributed by atoms with van der Waals surface area (Å²) in [5.74, 6) is 0.124. The van der Waals surface area contributed by atoms with Crippen LogP contribution in [0.15, 0.2) is 30.4 Å². The molecule has 0 bridgehead atoms. The first kappa shape index (κ1) is 30.8. The highest BCUT2D eigenvalue weighted by Gasteiger charge is 2.27. The maximum absolute atomic E-state index is 13.5. The highest BCUT2D eigenvalue weighted by Crippen LogP contribution is 2.28. The van der Waals surface area contributed by atoms with E-state index in [1.165, 1.54) is 5.56 Å². The molecular weight excluding hydrogens is 482 g/mol. The Morgan fingerprint density at radius 3 is 2.43 bits per heavy atom.